The molecule has 0 spiro atoms. The third kappa shape index (κ3) is 5.06. The van der Waals surface area contributed by atoms with Gasteiger partial charge in [0.2, 0.25) is 5.95 Å². The van der Waals surface area contributed by atoms with Crippen LogP contribution in [0.5, 0.6) is 0 Å². The molecule has 2 rings (SSSR count). The molecule has 0 radical (unpaired) electrons. The Morgan fingerprint density at radius 3 is 2.50 bits per heavy atom. The van der Waals surface area contributed by atoms with Crippen LogP contribution in [0.15, 0.2) is 24.3 Å². The van der Waals surface area contributed by atoms with Crippen LogP contribution in [0, 0.1) is 23.0 Å². The summed E-state index contributed by atoms with van der Waals surface area (Å²) in [6.45, 7) is 4.73. The van der Waals surface area contributed by atoms with E-state index in [1.807, 2.05) is 0 Å². The summed E-state index contributed by atoms with van der Waals surface area (Å²) in [5.41, 5.74) is -0.858. The molecule has 8 nitrogen and oxygen atoms in total. The Labute approximate surface area is 159 Å². The molecule has 0 fully saturated rings. The number of hydrogen-bond donors (Lipinski definition) is 3. The van der Waals surface area contributed by atoms with E-state index in [1.54, 1.807) is 13.8 Å². The SMILES string of the molecule is Cc1c(Nc2cc(C(F)(F)F)nc(N[C@@H](CO)C(C)C)n2)cccc1[N+](=O)[O-]. The van der Waals surface area contributed by atoms with E-state index in [9.17, 15) is 28.4 Å². The van der Waals surface area contributed by atoms with Gasteiger partial charge in [0.05, 0.1) is 23.1 Å². The summed E-state index contributed by atoms with van der Waals surface area (Å²) >= 11 is 0. The van der Waals surface area contributed by atoms with Crippen molar-refractivity contribution in [2.24, 2.45) is 5.92 Å². The van der Waals surface area contributed by atoms with Crippen molar-refractivity contribution in [1.82, 2.24) is 9.97 Å². The van der Waals surface area contributed by atoms with Gasteiger partial charge in [-0.1, -0.05) is 19.9 Å². The third-order valence-electron chi connectivity index (χ3n) is 4.10. The number of nitrogens with zero attached hydrogens (tertiary/aromatic N) is 3. The monoisotopic (exact) mass is 399 g/mol. The summed E-state index contributed by atoms with van der Waals surface area (Å²) in [6.07, 6.45) is -4.72. The molecule has 1 aromatic carbocycles. The molecule has 152 valence electrons. The van der Waals surface area contributed by atoms with Crippen molar-refractivity contribution in [3.8, 4) is 0 Å². The van der Waals surface area contributed by atoms with Crippen molar-refractivity contribution in [2.45, 2.75) is 33.0 Å². The van der Waals surface area contributed by atoms with E-state index in [0.717, 1.165) is 0 Å². The number of aromatic nitrogens is 2. The zero-order chi connectivity index (χ0) is 21.1. The predicted molar refractivity (Wildman–Crippen MR) is 97.5 cm³/mol. The molecule has 0 saturated heterocycles. The second-order valence-corrected chi connectivity index (χ2v) is 6.47. The highest BCUT2D eigenvalue weighted by Crippen LogP contribution is 2.32. The Kier molecular flexibility index (Phi) is 6.39. The van der Waals surface area contributed by atoms with Crippen molar-refractivity contribution in [3.63, 3.8) is 0 Å². The van der Waals surface area contributed by atoms with Gasteiger partial charge in [0, 0.05) is 17.8 Å². The van der Waals surface area contributed by atoms with E-state index < -0.39 is 22.8 Å². The van der Waals surface area contributed by atoms with Gasteiger partial charge in [-0.15, -0.1) is 0 Å². The molecule has 11 heteroatoms. The molecule has 28 heavy (non-hydrogen) atoms. The van der Waals surface area contributed by atoms with Gasteiger partial charge in [0.1, 0.15) is 5.82 Å². The molecule has 1 heterocycles. The molecule has 0 aliphatic heterocycles. The fourth-order valence-electron chi connectivity index (χ4n) is 2.40. The van der Waals surface area contributed by atoms with Crippen molar-refractivity contribution < 1.29 is 23.2 Å². The highest BCUT2D eigenvalue weighted by molar-refractivity contribution is 5.66. The zero-order valence-corrected chi connectivity index (χ0v) is 15.4. The highest BCUT2D eigenvalue weighted by Gasteiger charge is 2.34. The molecule has 0 bridgehead atoms. The summed E-state index contributed by atoms with van der Waals surface area (Å²) in [4.78, 5) is 18.0. The first-order chi connectivity index (χ1) is 13.0. The number of aliphatic hydroxyl groups is 1. The number of benzene rings is 1. The Hall–Kier alpha value is -2.95. The predicted octanol–water partition coefficient (Wildman–Crippen LogP) is 3.88. The Bertz CT molecular complexity index is 858. The van der Waals surface area contributed by atoms with E-state index in [-0.39, 0.29) is 41.2 Å². The van der Waals surface area contributed by atoms with Gasteiger partial charge in [-0.25, -0.2) is 4.98 Å². The normalized spacial score (nSPS) is 12.7. The topological polar surface area (TPSA) is 113 Å². The van der Waals surface area contributed by atoms with Crippen LogP contribution in [0.1, 0.15) is 25.1 Å². The maximum absolute atomic E-state index is 13.2. The van der Waals surface area contributed by atoms with Crippen molar-refractivity contribution >= 4 is 23.1 Å². The summed E-state index contributed by atoms with van der Waals surface area (Å²) in [5.74, 6) is -0.583. The molecule has 3 N–H and O–H groups in total. The number of aliphatic hydroxyl groups excluding tert-OH is 1. The number of hydrogen-bond acceptors (Lipinski definition) is 7. The van der Waals surface area contributed by atoms with E-state index >= 15 is 0 Å². The van der Waals surface area contributed by atoms with Crippen LogP contribution in [0.2, 0.25) is 0 Å². The molecule has 0 aliphatic carbocycles. The standard InChI is InChI=1S/C17H20F3N5O3/c1-9(2)12(8-26)22-16-23-14(17(18,19)20)7-15(24-16)21-11-5-4-6-13(10(11)3)25(27)28/h4-7,9,12,26H,8H2,1-3H3,(H2,21,22,23,24)/t12-/m0/s1. The van der Waals surface area contributed by atoms with Gasteiger partial charge >= 0.3 is 6.18 Å². The lowest BCUT2D eigenvalue weighted by Crippen LogP contribution is -2.30. The summed E-state index contributed by atoms with van der Waals surface area (Å²) < 4.78 is 39.7. The number of halogens is 3. The fourth-order valence-corrected chi connectivity index (χ4v) is 2.40. The van der Waals surface area contributed by atoms with Crippen LogP contribution in [-0.2, 0) is 6.18 Å². The van der Waals surface area contributed by atoms with Gasteiger partial charge < -0.3 is 15.7 Å². The first-order valence-electron chi connectivity index (χ1n) is 8.37. The van der Waals surface area contributed by atoms with Gasteiger partial charge in [-0.3, -0.25) is 10.1 Å². The van der Waals surface area contributed by atoms with E-state index in [1.165, 1.54) is 25.1 Å². The molecular formula is C17H20F3N5O3. The second-order valence-electron chi connectivity index (χ2n) is 6.47. The van der Waals surface area contributed by atoms with E-state index in [2.05, 4.69) is 20.6 Å². The van der Waals surface area contributed by atoms with Gasteiger partial charge in [0.15, 0.2) is 5.69 Å². The van der Waals surface area contributed by atoms with Gasteiger partial charge in [0.25, 0.3) is 5.69 Å². The van der Waals surface area contributed by atoms with Crippen LogP contribution < -0.4 is 10.6 Å². The molecule has 1 atom stereocenters. The van der Waals surface area contributed by atoms with Crippen molar-refractivity contribution in [2.75, 3.05) is 17.2 Å². The van der Waals surface area contributed by atoms with Gasteiger partial charge in [-0.05, 0) is 18.9 Å². The third-order valence-corrected chi connectivity index (χ3v) is 4.10. The maximum atomic E-state index is 13.2. The molecule has 2 aromatic rings. The number of nitro benzene ring substituents is 1. The molecule has 0 saturated carbocycles. The second kappa shape index (κ2) is 8.38. The minimum Gasteiger partial charge on any atom is -0.394 e. The molecule has 0 unspecified atom stereocenters. The average molecular weight is 399 g/mol. The van der Waals surface area contributed by atoms with Crippen LogP contribution >= 0.6 is 0 Å². The lowest BCUT2D eigenvalue weighted by molar-refractivity contribution is -0.385. The van der Waals surface area contributed by atoms with Crippen LogP contribution in [-0.4, -0.2) is 32.6 Å². The average Bonchev–Trinajstić information content (AvgIpc) is 2.60. The summed E-state index contributed by atoms with van der Waals surface area (Å²) in [7, 11) is 0. The quantitative estimate of drug-likeness (QED) is 0.478. The van der Waals surface area contributed by atoms with E-state index in [0.29, 0.717) is 6.07 Å². The van der Waals surface area contributed by atoms with Crippen LogP contribution in [0.4, 0.5) is 36.3 Å². The molecular weight excluding hydrogens is 379 g/mol. The first-order valence-corrected chi connectivity index (χ1v) is 8.37. The number of alkyl halides is 3. The summed E-state index contributed by atoms with van der Waals surface area (Å²) in [5, 5.41) is 25.8. The maximum Gasteiger partial charge on any atom is 0.433 e. The minimum atomic E-state index is -4.72. The lowest BCUT2D eigenvalue weighted by atomic mass is 10.1. The van der Waals surface area contributed by atoms with E-state index in [4.69, 9.17) is 0 Å². The number of nitro groups is 1. The molecule has 0 aliphatic rings. The summed E-state index contributed by atoms with van der Waals surface area (Å²) in [6, 6.07) is 4.38. The lowest BCUT2D eigenvalue weighted by Gasteiger charge is -2.21. The van der Waals surface area contributed by atoms with Crippen LogP contribution in [0.25, 0.3) is 0 Å². The van der Waals surface area contributed by atoms with Crippen molar-refractivity contribution in [1.29, 1.82) is 0 Å². The van der Waals surface area contributed by atoms with Gasteiger partial charge in [-0.2, -0.15) is 18.2 Å². The first kappa shape index (κ1) is 21.4. The smallest absolute Gasteiger partial charge is 0.394 e. The number of nitrogens with one attached hydrogen (secondary N) is 2. The highest BCUT2D eigenvalue weighted by atomic mass is 19.4. The molecule has 1 aromatic heterocycles. The van der Waals surface area contributed by atoms with Crippen molar-refractivity contribution in [3.05, 3.63) is 45.6 Å². The number of anilines is 3. The zero-order valence-electron chi connectivity index (χ0n) is 15.4. The fraction of sp³-hybridized carbons (Fsp3) is 0.412. The minimum absolute atomic E-state index is 0.0847. The Morgan fingerprint density at radius 1 is 1.29 bits per heavy atom. The largest absolute Gasteiger partial charge is 0.433 e. The molecule has 0 amide bonds. The number of rotatable bonds is 7. The Morgan fingerprint density at radius 2 is 1.96 bits per heavy atom. The Balaban J connectivity index is 2.45. The van der Waals surface area contributed by atoms with Crippen LogP contribution in [0.3, 0.4) is 0 Å².